The van der Waals surface area contributed by atoms with Crippen molar-refractivity contribution in [2.24, 2.45) is 0 Å². The second-order valence-corrected chi connectivity index (χ2v) is 4.41. The van der Waals surface area contributed by atoms with Crippen molar-refractivity contribution in [3.05, 3.63) is 17.3 Å². The van der Waals surface area contributed by atoms with Gasteiger partial charge in [0.2, 0.25) is 5.91 Å². The monoisotopic (exact) mass is 270 g/mol. The number of rotatable bonds is 7. The molecule has 4 N–H and O–H groups in total. The molecule has 6 heteroatoms. The van der Waals surface area contributed by atoms with E-state index < -0.39 is 0 Å². The van der Waals surface area contributed by atoms with E-state index in [0.717, 1.165) is 12.8 Å². The highest BCUT2D eigenvalue weighted by Gasteiger charge is 2.01. The van der Waals surface area contributed by atoms with Crippen molar-refractivity contribution < 1.29 is 4.79 Å². The molecule has 0 unspecified atom stereocenters. The summed E-state index contributed by atoms with van der Waals surface area (Å²) in [6.07, 6.45) is 3.82. The lowest BCUT2D eigenvalue weighted by Crippen LogP contribution is -2.25. The Morgan fingerprint density at radius 3 is 2.94 bits per heavy atom. The van der Waals surface area contributed by atoms with Crippen LogP contribution in [-0.2, 0) is 4.79 Å². The third-order valence-corrected chi connectivity index (χ3v) is 2.54. The number of nitrogen functional groups attached to an aromatic ring is 1. The van der Waals surface area contributed by atoms with E-state index >= 15 is 0 Å². The predicted molar refractivity (Wildman–Crippen MR) is 74.7 cm³/mol. The lowest BCUT2D eigenvalue weighted by Gasteiger charge is -2.08. The molecular formula is C12H19ClN4O. The van der Waals surface area contributed by atoms with Crippen molar-refractivity contribution >= 4 is 29.0 Å². The highest BCUT2D eigenvalue weighted by molar-refractivity contribution is 6.30. The molecule has 5 nitrogen and oxygen atoms in total. The van der Waals surface area contributed by atoms with E-state index in [9.17, 15) is 4.79 Å². The Bertz CT molecular complexity index is 398. The predicted octanol–water partition coefficient (Wildman–Crippen LogP) is 2.04. The molecule has 0 fully saturated rings. The smallest absolute Gasteiger partial charge is 0.219 e. The van der Waals surface area contributed by atoms with Gasteiger partial charge in [-0.3, -0.25) is 4.79 Å². The molecule has 18 heavy (non-hydrogen) atoms. The van der Waals surface area contributed by atoms with Crippen LogP contribution in [0.25, 0.3) is 0 Å². The number of nitrogens with two attached hydrogens (primary N) is 1. The SMILES string of the molecule is CCCC(=O)NCCCNc1ncc(Cl)cc1N. The van der Waals surface area contributed by atoms with Gasteiger partial charge in [-0.25, -0.2) is 4.98 Å². The van der Waals surface area contributed by atoms with Crippen molar-refractivity contribution in [2.45, 2.75) is 26.2 Å². The molecule has 1 aromatic rings. The standard InChI is InChI=1S/C12H19ClN4O/c1-2-4-11(18)15-5-3-6-16-12-10(14)7-9(13)8-17-12/h7-8H,2-6,14H2,1H3,(H,15,18)(H,16,17). The first-order valence-corrected chi connectivity index (χ1v) is 6.43. The van der Waals surface area contributed by atoms with Gasteiger partial charge in [0.15, 0.2) is 0 Å². The van der Waals surface area contributed by atoms with Crippen molar-refractivity contribution in [3.63, 3.8) is 0 Å². The van der Waals surface area contributed by atoms with Crippen LogP contribution in [0.15, 0.2) is 12.3 Å². The highest BCUT2D eigenvalue weighted by Crippen LogP contribution is 2.18. The molecule has 0 atom stereocenters. The van der Waals surface area contributed by atoms with Crippen molar-refractivity contribution in [1.29, 1.82) is 0 Å². The average molecular weight is 271 g/mol. The summed E-state index contributed by atoms with van der Waals surface area (Å²) in [4.78, 5) is 15.3. The molecule has 1 aromatic heterocycles. The van der Waals surface area contributed by atoms with Crippen LogP contribution in [-0.4, -0.2) is 24.0 Å². The van der Waals surface area contributed by atoms with Gasteiger partial charge < -0.3 is 16.4 Å². The fraction of sp³-hybridized carbons (Fsp3) is 0.500. The molecule has 1 rings (SSSR count). The molecule has 0 aromatic carbocycles. The Morgan fingerprint density at radius 2 is 2.28 bits per heavy atom. The van der Waals surface area contributed by atoms with Gasteiger partial charge in [-0.2, -0.15) is 0 Å². The Hall–Kier alpha value is -1.49. The van der Waals surface area contributed by atoms with Crippen LogP contribution in [0.3, 0.4) is 0 Å². The van der Waals surface area contributed by atoms with Crippen LogP contribution < -0.4 is 16.4 Å². The van der Waals surface area contributed by atoms with E-state index in [0.29, 0.717) is 36.0 Å². The van der Waals surface area contributed by atoms with Crippen LogP contribution in [0.4, 0.5) is 11.5 Å². The van der Waals surface area contributed by atoms with Crippen molar-refractivity contribution in [2.75, 3.05) is 24.1 Å². The number of carbonyl (C=O) groups excluding carboxylic acids is 1. The number of carbonyl (C=O) groups is 1. The van der Waals surface area contributed by atoms with E-state index in [-0.39, 0.29) is 5.91 Å². The largest absolute Gasteiger partial charge is 0.396 e. The van der Waals surface area contributed by atoms with Crippen LogP contribution >= 0.6 is 11.6 Å². The molecule has 0 aliphatic heterocycles. The number of hydrogen-bond donors (Lipinski definition) is 3. The molecule has 0 spiro atoms. The summed E-state index contributed by atoms with van der Waals surface area (Å²) in [5.41, 5.74) is 6.27. The maximum Gasteiger partial charge on any atom is 0.219 e. The Balaban J connectivity index is 2.20. The Morgan fingerprint density at radius 1 is 1.50 bits per heavy atom. The van der Waals surface area contributed by atoms with E-state index in [1.165, 1.54) is 0 Å². The van der Waals surface area contributed by atoms with E-state index in [1.54, 1.807) is 12.3 Å². The average Bonchev–Trinajstić information content (AvgIpc) is 2.31. The van der Waals surface area contributed by atoms with Crippen LogP contribution in [0.5, 0.6) is 0 Å². The first-order valence-electron chi connectivity index (χ1n) is 6.05. The normalized spacial score (nSPS) is 10.1. The lowest BCUT2D eigenvalue weighted by atomic mass is 10.3. The highest BCUT2D eigenvalue weighted by atomic mass is 35.5. The maximum atomic E-state index is 11.2. The zero-order valence-corrected chi connectivity index (χ0v) is 11.3. The van der Waals surface area contributed by atoms with Gasteiger partial charge in [0.05, 0.1) is 10.7 Å². The summed E-state index contributed by atoms with van der Waals surface area (Å²) < 4.78 is 0. The summed E-state index contributed by atoms with van der Waals surface area (Å²) in [6.45, 7) is 3.33. The number of anilines is 2. The minimum absolute atomic E-state index is 0.0987. The van der Waals surface area contributed by atoms with Gasteiger partial charge in [-0.1, -0.05) is 18.5 Å². The van der Waals surface area contributed by atoms with Crippen LogP contribution in [0, 0.1) is 0 Å². The maximum absolute atomic E-state index is 11.2. The van der Waals surface area contributed by atoms with E-state index in [4.69, 9.17) is 17.3 Å². The minimum Gasteiger partial charge on any atom is -0.396 e. The third kappa shape index (κ3) is 5.23. The molecular weight excluding hydrogens is 252 g/mol. The molecule has 0 radical (unpaired) electrons. The number of hydrogen-bond acceptors (Lipinski definition) is 4. The quantitative estimate of drug-likeness (QED) is 0.663. The number of pyridine rings is 1. The fourth-order valence-electron chi connectivity index (χ4n) is 1.44. The lowest BCUT2D eigenvalue weighted by molar-refractivity contribution is -0.121. The summed E-state index contributed by atoms with van der Waals surface area (Å²) >= 11 is 5.75. The zero-order chi connectivity index (χ0) is 13.4. The van der Waals surface area contributed by atoms with E-state index in [2.05, 4.69) is 15.6 Å². The number of nitrogens with one attached hydrogen (secondary N) is 2. The Kier molecular flexibility index (Phi) is 6.28. The summed E-state index contributed by atoms with van der Waals surface area (Å²) in [5, 5.41) is 6.46. The molecule has 0 aliphatic carbocycles. The minimum atomic E-state index is 0.0987. The summed E-state index contributed by atoms with van der Waals surface area (Å²) in [6, 6.07) is 1.65. The number of halogens is 1. The van der Waals surface area contributed by atoms with Gasteiger partial charge in [0.25, 0.3) is 0 Å². The van der Waals surface area contributed by atoms with Crippen LogP contribution in [0.2, 0.25) is 5.02 Å². The molecule has 1 amide bonds. The van der Waals surface area contributed by atoms with Gasteiger partial charge in [0.1, 0.15) is 5.82 Å². The molecule has 1 heterocycles. The molecule has 0 bridgehead atoms. The zero-order valence-electron chi connectivity index (χ0n) is 10.5. The molecule has 0 saturated carbocycles. The molecule has 0 aliphatic rings. The van der Waals surface area contributed by atoms with Gasteiger partial charge >= 0.3 is 0 Å². The number of nitrogens with zero attached hydrogens (tertiary/aromatic N) is 1. The van der Waals surface area contributed by atoms with Gasteiger partial charge in [-0.15, -0.1) is 0 Å². The van der Waals surface area contributed by atoms with Crippen LogP contribution in [0.1, 0.15) is 26.2 Å². The van der Waals surface area contributed by atoms with E-state index in [1.807, 2.05) is 6.92 Å². The van der Waals surface area contributed by atoms with Gasteiger partial charge in [-0.05, 0) is 18.9 Å². The summed E-state index contributed by atoms with van der Waals surface area (Å²) in [7, 11) is 0. The molecule has 0 saturated heterocycles. The second-order valence-electron chi connectivity index (χ2n) is 3.97. The first kappa shape index (κ1) is 14.6. The topological polar surface area (TPSA) is 80.0 Å². The fourth-order valence-corrected chi connectivity index (χ4v) is 1.61. The van der Waals surface area contributed by atoms with Crippen molar-refractivity contribution in [3.8, 4) is 0 Å². The Labute approximate surface area is 112 Å². The summed E-state index contributed by atoms with van der Waals surface area (Å²) in [5.74, 6) is 0.723. The number of aromatic nitrogens is 1. The second kappa shape index (κ2) is 7.76. The van der Waals surface area contributed by atoms with Gasteiger partial charge in [0, 0.05) is 25.7 Å². The molecule has 100 valence electrons. The third-order valence-electron chi connectivity index (χ3n) is 2.33. The van der Waals surface area contributed by atoms with Crippen molar-refractivity contribution in [1.82, 2.24) is 10.3 Å². The first-order chi connectivity index (χ1) is 8.63. The number of amides is 1.